The number of ether oxygens (including phenoxy) is 2. The second-order valence-corrected chi connectivity index (χ2v) is 14.0. The van der Waals surface area contributed by atoms with Crippen molar-refractivity contribution in [2.75, 3.05) is 4.90 Å². The number of nitrogens with zero attached hydrogens (tertiary/aromatic N) is 1. The van der Waals surface area contributed by atoms with E-state index < -0.39 is 5.41 Å². The molecular weight excluding hydrogens is 645 g/mol. The normalized spacial score (nSPS) is 13.7. The third-order valence-corrected chi connectivity index (χ3v) is 11.3. The Labute approximate surface area is 309 Å². The number of rotatable bonds is 5. The van der Waals surface area contributed by atoms with E-state index in [2.05, 4.69) is 187 Å². The summed E-state index contributed by atoms with van der Waals surface area (Å²) in [7, 11) is 0. The van der Waals surface area contributed by atoms with Gasteiger partial charge in [-0.25, -0.2) is 0 Å². The minimum atomic E-state index is -0.615. The average molecular weight is 678 g/mol. The van der Waals surface area contributed by atoms with Crippen LogP contribution in [-0.2, 0) is 5.41 Å². The van der Waals surface area contributed by atoms with Crippen LogP contribution in [0.25, 0.3) is 11.1 Å². The average Bonchev–Trinajstić information content (AvgIpc) is 3.53. The summed E-state index contributed by atoms with van der Waals surface area (Å²) in [6.07, 6.45) is 0. The highest BCUT2D eigenvalue weighted by atomic mass is 16.5. The molecule has 0 bridgehead atoms. The van der Waals surface area contributed by atoms with Crippen molar-refractivity contribution in [3.63, 3.8) is 0 Å². The lowest BCUT2D eigenvalue weighted by atomic mass is 9.34. The van der Waals surface area contributed by atoms with E-state index in [4.69, 9.17) is 9.47 Å². The molecule has 0 spiro atoms. The van der Waals surface area contributed by atoms with Gasteiger partial charge in [0.2, 0.25) is 0 Å². The Kier molecular flexibility index (Phi) is 6.56. The standard InChI is InChI=1S/C49H32BNO2/c1-5-16-33(17-6-1)49(34-18-7-2-8-19-34)39-30-31-42-48(53-45-27-15-26-44-47(45)50(42)41-24-13-14-25-43(41)52-44)46(39)38-29-28-37(32-40(38)49)51(35-20-9-3-10-21-35)36-22-11-4-12-23-36/h1-32H. The molecule has 8 aromatic carbocycles. The molecule has 0 atom stereocenters. The Hall–Kier alpha value is -6.78. The Bertz CT molecular complexity index is 2600. The molecule has 0 saturated heterocycles. The van der Waals surface area contributed by atoms with Crippen molar-refractivity contribution in [3.8, 4) is 34.1 Å². The van der Waals surface area contributed by atoms with Crippen LogP contribution in [0.3, 0.4) is 0 Å². The summed E-state index contributed by atoms with van der Waals surface area (Å²) in [5.41, 5.74) is 13.3. The first-order valence-corrected chi connectivity index (χ1v) is 18.2. The van der Waals surface area contributed by atoms with Gasteiger partial charge in [-0.2, -0.15) is 0 Å². The Morgan fingerprint density at radius 3 is 1.64 bits per heavy atom. The van der Waals surface area contributed by atoms with Crippen molar-refractivity contribution >= 4 is 40.2 Å². The molecule has 11 rings (SSSR count). The molecule has 0 radical (unpaired) electrons. The molecule has 0 N–H and O–H groups in total. The Balaban J connectivity index is 1.23. The molecule has 53 heavy (non-hydrogen) atoms. The quantitative estimate of drug-likeness (QED) is 0.169. The molecule has 0 unspecified atom stereocenters. The zero-order valence-corrected chi connectivity index (χ0v) is 28.8. The van der Waals surface area contributed by atoms with E-state index in [0.29, 0.717) is 0 Å². The van der Waals surface area contributed by atoms with E-state index in [0.717, 1.165) is 62.0 Å². The summed E-state index contributed by atoms with van der Waals surface area (Å²) >= 11 is 0. The minimum absolute atomic E-state index is 0.0157. The monoisotopic (exact) mass is 677 g/mol. The fourth-order valence-corrected chi connectivity index (χ4v) is 9.13. The summed E-state index contributed by atoms with van der Waals surface area (Å²) in [5, 5.41) is 0. The number of benzene rings is 8. The van der Waals surface area contributed by atoms with Gasteiger partial charge in [0, 0.05) is 28.1 Å². The molecule has 4 heteroatoms. The summed E-state index contributed by atoms with van der Waals surface area (Å²) in [4.78, 5) is 2.35. The first-order chi connectivity index (χ1) is 26.3. The highest BCUT2D eigenvalue weighted by Crippen LogP contribution is 2.60. The van der Waals surface area contributed by atoms with Crippen molar-refractivity contribution < 1.29 is 9.47 Å². The van der Waals surface area contributed by atoms with Crippen LogP contribution in [-0.4, -0.2) is 6.71 Å². The van der Waals surface area contributed by atoms with E-state index in [9.17, 15) is 0 Å². The van der Waals surface area contributed by atoms with Gasteiger partial charge in [0.25, 0.3) is 6.71 Å². The van der Waals surface area contributed by atoms with E-state index in [1.807, 2.05) is 12.1 Å². The molecular formula is C49H32BNO2. The Morgan fingerprint density at radius 2 is 0.981 bits per heavy atom. The molecule has 8 aromatic rings. The van der Waals surface area contributed by atoms with Gasteiger partial charge in [-0.15, -0.1) is 0 Å². The first-order valence-electron chi connectivity index (χ1n) is 18.2. The lowest BCUT2D eigenvalue weighted by Crippen LogP contribution is -2.57. The predicted molar refractivity (Wildman–Crippen MR) is 216 cm³/mol. The molecule has 0 aromatic heterocycles. The van der Waals surface area contributed by atoms with Gasteiger partial charge in [-0.1, -0.05) is 140 Å². The van der Waals surface area contributed by atoms with Gasteiger partial charge >= 0.3 is 0 Å². The van der Waals surface area contributed by atoms with Gasteiger partial charge in [0.1, 0.15) is 23.0 Å². The molecule has 0 amide bonds. The third-order valence-electron chi connectivity index (χ3n) is 11.3. The lowest BCUT2D eigenvalue weighted by Gasteiger charge is -2.36. The number of para-hydroxylation sites is 3. The topological polar surface area (TPSA) is 21.7 Å². The molecule has 0 saturated carbocycles. The van der Waals surface area contributed by atoms with Crippen LogP contribution < -0.4 is 30.8 Å². The highest BCUT2D eigenvalue weighted by Gasteiger charge is 2.50. The molecule has 2 aliphatic heterocycles. The largest absolute Gasteiger partial charge is 0.458 e. The van der Waals surface area contributed by atoms with Gasteiger partial charge in [-0.05, 0) is 93.3 Å². The zero-order chi connectivity index (χ0) is 34.9. The number of fused-ring (bicyclic) bond motifs is 8. The molecule has 1 aliphatic carbocycles. The molecule has 3 nitrogen and oxygen atoms in total. The van der Waals surface area contributed by atoms with Crippen LogP contribution in [0.15, 0.2) is 194 Å². The maximum Gasteiger partial charge on any atom is 0.260 e. The van der Waals surface area contributed by atoms with Crippen LogP contribution in [0.2, 0.25) is 0 Å². The molecule has 2 heterocycles. The van der Waals surface area contributed by atoms with Crippen LogP contribution in [0.1, 0.15) is 22.3 Å². The van der Waals surface area contributed by atoms with Crippen molar-refractivity contribution in [2.45, 2.75) is 5.41 Å². The van der Waals surface area contributed by atoms with Gasteiger partial charge in [0.05, 0.1) is 5.41 Å². The van der Waals surface area contributed by atoms with Crippen molar-refractivity contribution in [3.05, 3.63) is 216 Å². The maximum absolute atomic E-state index is 7.13. The molecule has 248 valence electrons. The van der Waals surface area contributed by atoms with Crippen LogP contribution in [0, 0.1) is 0 Å². The van der Waals surface area contributed by atoms with Gasteiger partial charge < -0.3 is 14.4 Å². The minimum Gasteiger partial charge on any atom is -0.458 e. The number of hydrogen-bond acceptors (Lipinski definition) is 3. The summed E-state index contributed by atoms with van der Waals surface area (Å²) < 4.78 is 13.6. The van der Waals surface area contributed by atoms with Crippen molar-refractivity contribution in [1.29, 1.82) is 0 Å². The molecule has 0 fully saturated rings. The van der Waals surface area contributed by atoms with E-state index >= 15 is 0 Å². The van der Waals surface area contributed by atoms with E-state index in [1.165, 1.54) is 27.8 Å². The summed E-state index contributed by atoms with van der Waals surface area (Å²) in [6, 6.07) is 69.6. The summed E-state index contributed by atoms with van der Waals surface area (Å²) in [5.74, 6) is 3.51. The van der Waals surface area contributed by atoms with Crippen molar-refractivity contribution in [2.24, 2.45) is 0 Å². The van der Waals surface area contributed by atoms with Gasteiger partial charge in [-0.3, -0.25) is 0 Å². The second kappa shape index (κ2) is 11.6. The van der Waals surface area contributed by atoms with E-state index in [-0.39, 0.29) is 6.71 Å². The lowest BCUT2D eigenvalue weighted by molar-refractivity contribution is 0.465. The number of hydrogen-bond donors (Lipinski definition) is 0. The maximum atomic E-state index is 7.13. The van der Waals surface area contributed by atoms with Crippen molar-refractivity contribution in [1.82, 2.24) is 0 Å². The smallest absolute Gasteiger partial charge is 0.260 e. The summed E-state index contributed by atoms with van der Waals surface area (Å²) in [6.45, 7) is -0.0157. The van der Waals surface area contributed by atoms with Crippen LogP contribution in [0.5, 0.6) is 23.0 Å². The number of anilines is 3. The zero-order valence-electron chi connectivity index (χ0n) is 28.8. The fourth-order valence-electron chi connectivity index (χ4n) is 9.13. The molecule has 3 aliphatic rings. The van der Waals surface area contributed by atoms with Gasteiger partial charge in [0.15, 0.2) is 0 Å². The van der Waals surface area contributed by atoms with E-state index in [1.54, 1.807) is 0 Å². The van der Waals surface area contributed by atoms with Crippen LogP contribution >= 0.6 is 0 Å². The SMILES string of the molecule is c1ccc(N(c2ccccc2)c2ccc3c(c2)C(c2ccccc2)(c2ccccc2)c2ccc4c(c2-3)Oc2cccc3c2B4c2ccccc2O3)cc1. The van der Waals surface area contributed by atoms with Crippen LogP contribution in [0.4, 0.5) is 17.1 Å². The fraction of sp³-hybridized carbons (Fsp3) is 0.0204. The highest BCUT2D eigenvalue weighted by molar-refractivity contribution is 6.98. The predicted octanol–water partition coefficient (Wildman–Crippen LogP) is 10.2. The third kappa shape index (κ3) is 4.30. The Morgan fingerprint density at radius 1 is 0.415 bits per heavy atom. The second-order valence-electron chi connectivity index (χ2n) is 14.0. The first kappa shape index (κ1) is 29.9.